The van der Waals surface area contributed by atoms with Crippen molar-refractivity contribution in [1.82, 2.24) is 4.90 Å². The molecule has 0 N–H and O–H groups in total. The largest absolute Gasteiger partial charge is 0.454 e. The quantitative estimate of drug-likeness (QED) is 0.722. The van der Waals surface area contributed by atoms with E-state index in [0.717, 1.165) is 30.1 Å². The molecule has 21 heavy (non-hydrogen) atoms. The second-order valence-electron chi connectivity index (χ2n) is 5.49. The third-order valence-corrected chi connectivity index (χ3v) is 3.88. The van der Waals surface area contributed by atoms with Gasteiger partial charge in [0.25, 0.3) is 0 Å². The van der Waals surface area contributed by atoms with Crippen LogP contribution in [0.2, 0.25) is 0 Å². The molecule has 2 aliphatic rings. The van der Waals surface area contributed by atoms with E-state index in [1.165, 1.54) is 32.5 Å². The zero-order chi connectivity index (χ0) is 14.3. The lowest BCUT2D eigenvalue weighted by molar-refractivity contribution is 0.149. The van der Waals surface area contributed by atoms with E-state index in [-0.39, 0.29) is 0 Å². The average Bonchev–Trinajstić information content (AvgIpc) is 3.17. The molecule has 0 bridgehead atoms. The molecule has 3 rings (SSSR count). The fraction of sp³-hybridized carbons (Fsp3) is 0.529. The summed E-state index contributed by atoms with van der Waals surface area (Å²) in [7, 11) is 0. The average molecular weight is 289 g/mol. The fourth-order valence-corrected chi connectivity index (χ4v) is 2.75. The van der Waals surface area contributed by atoms with Crippen LogP contribution in [0.3, 0.4) is 0 Å². The van der Waals surface area contributed by atoms with Gasteiger partial charge in [0.1, 0.15) is 0 Å². The van der Waals surface area contributed by atoms with Crippen molar-refractivity contribution in [3.63, 3.8) is 0 Å². The molecular formula is C17H23NO3. The van der Waals surface area contributed by atoms with Crippen LogP contribution in [0.5, 0.6) is 11.5 Å². The molecule has 1 fully saturated rings. The van der Waals surface area contributed by atoms with Crippen LogP contribution < -0.4 is 9.47 Å². The van der Waals surface area contributed by atoms with Crippen LogP contribution in [0.1, 0.15) is 24.8 Å². The van der Waals surface area contributed by atoms with Crippen molar-refractivity contribution in [2.45, 2.75) is 19.3 Å². The maximum absolute atomic E-state index is 5.64. The molecule has 114 valence electrons. The minimum Gasteiger partial charge on any atom is -0.454 e. The molecule has 0 radical (unpaired) electrons. The summed E-state index contributed by atoms with van der Waals surface area (Å²) in [6.45, 7) is 5.53. The van der Waals surface area contributed by atoms with Gasteiger partial charge in [-0.3, -0.25) is 0 Å². The Morgan fingerprint density at radius 3 is 2.90 bits per heavy atom. The lowest BCUT2D eigenvalue weighted by atomic mass is 10.2. The van der Waals surface area contributed by atoms with E-state index in [1.54, 1.807) is 0 Å². The second-order valence-corrected chi connectivity index (χ2v) is 5.49. The van der Waals surface area contributed by atoms with E-state index in [4.69, 9.17) is 14.2 Å². The number of rotatable bonds is 7. The van der Waals surface area contributed by atoms with Crippen molar-refractivity contribution in [2.24, 2.45) is 0 Å². The SMILES string of the molecule is C(=C\c1ccc2c(c1)OCO2)/COCCCN1CCCC1. The van der Waals surface area contributed by atoms with Gasteiger partial charge in [-0.25, -0.2) is 0 Å². The highest BCUT2D eigenvalue weighted by atomic mass is 16.7. The highest BCUT2D eigenvalue weighted by Gasteiger charge is 2.12. The van der Waals surface area contributed by atoms with Gasteiger partial charge in [-0.15, -0.1) is 0 Å². The van der Waals surface area contributed by atoms with Gasteiger partial charge >= 0.3 is 0 Å². The molecule has 4 heteroatoms. The van der Waals surface area contributed by atoms with Gasteiger partial charge < -0.3 is 19.1 Å². The van der Waals surface area contributed by atoms with Gasteiger partial charge in [-0.05, 0) is 50.0 Å². The Morgan fingerprint density at radius 1 is 1.14 bits per heavy atom. The number of hydrogen-bond donors (Lipinski definition) is 0. The highest BCUT2D eigenvalue weighted by Crippen LogP contribution is 2.32. The lowest BCUT2D eigenvalue weighted by Gasteiger charge is -2.13. The molecule has 0 saturated carbocycles. The second kappa shape index (κ2) is 7.48. The van der Waals surface area contributed by atoms with Gasteiger partial charge in [-0.2, -0.15) is 0 Å². The topological polar surface area (TPSA) is 30.9 Å². The van der Waals surface area contributed by atoms with E-state index in [0.29, 0.717) is 13.4 Å². The smallest absolute Gasteiger partial charge is 0.231 e. The predicted octanol–water partition coefficient (Wildman–Crippen LogP) is 2.93. The molecule has 1 aromatic rings. The van der Waals surface area contributed by atoms with Crippen LogP contribution in [0, 0.1) is 0 Å². The first-order valence-corrected chi connectivity index (χ1v) is 7.78. The number of likely N-dealkylation sites (tertiary alicyclic amines) is 1. The van der Waals surface area contributed by atoms with Crippen molar-refractivity contribution < 1.29 is 14.2 Å². The molecule has 0 unspecified atom stereocenters. The summed E-state index contributed by atoms with van der Waals surface area (Å²) in [5.41, 5.74) is 1.11. The van der Waals surface area contributed by atoms with Crippen molar-refractivity contribution >= 4 is 6.08 Å². The van der Waals surface area contributed by atoms with E-state index in [9.17, 15) is 0 Å². The van der Waals surface area contributed by atoms with Gasteiger partial charge in [0.05, 0.1) is 6.61 Å². The summed E-state index contributed by atoms with van der Waals surface area (Å²) < 4.78 is 16.3. The normalized spacial score (nSPS) is 17.9. The molecule has 0 aliphatic carbocycles. The van der Waals surface area contributed by atoms with Gasteiger partial charge in [0.15, 0.2) is 11.5 Å². The Balaban J connectivity index is 1.31. The Kier molecular flexibility index (Phi) is 5.13. The fourth-order valence-electron chi connectivity index (χ4n) is 2.75. The standard InChI is InChI=1S/C17H23NO3/c1-2-9-18(8-1)10-4-12-19-11-3-5-15-6-7-16-17(13-15)21-14-20-16/h3,5-7,13H,1-2,4,8-12,14H2/b5-3+. The summed E-state index contributed by atoms with van der Waals surface area (Å²) in [6, 6.07) is 5.96. The minimum atomic E-state index is 0.322. The van der Waals surface area contributed by atoms with Crippen LogP contribution in [0.15, 0.2) is 24.3 Å². The number of ether oxygens (including phenoxy) is 3. The zero-order valence-corrected chi connectivity index (χ0v) is 12.4. The van der Waals surface area contributed by atoms with E-state index < -0.39 is 0 Å². The molecule has 0 amide bonds. The van der Waals surface area contributed by atoms with Gasteiger partial charge in [0.2, 0.25) is 6.79 Å². The van der Waals surface area contributed by atoms with Crippen LogP contribution in [-0.4, -0.2) is 44.5 Å². The summed E-state index contributed by atoms with van der Waals surface area (Å²) in [6.07, 6.45) is 7.95. The van der Waals surface area contributed by atoms with Crippen LogP contribution >= 0.6 is 0 Å². The molecule has 0 atom stereocenters. The Hall–Kier alpha value is -1.52. The van der Waals surface area contributed by atoms with Gasteiger partial charge in [0, 0.05) is 13.2 Å². The third kappa shape index (κ3) is 4.22. The summed E-state index contributed by atoms with van der Waals surface area (Å²) in [5, 5.41) is 0. The Labute approximate surface area is 126 Å². The monoisotopic (exact) mass is 289 g/mol. The minimum absolute atomic E-state index is 0.322. The molecule has 0 spiro atoms. The zero-order valence-electron chi connectivity index (χ0n) is 12.4. The van der Waals surface area contributed by atoms with E-state index in [1.807, 2.05) is 24.3 Å². The third-order valence-electron chi connectivity index (χ3n) is 3.88. The van der Waals surface area contributed by atoms with Crippen LogP contribution in [0.25, 0.3) is 6.08 Å². The number of fused-ring (bicyclic) bond motifs is 1. The Bertz CT molecular complexity index is 481. The summed E-state index contributed by atoms with van der Waals surface area (Å²) >= 11 is 0. The van der Waals surface area contributed by atoms with Crippen molar-refractivity contribution in [3.8, 4) is 11.5 Å². The molecule has 1 saturated heterocycles. The van der Waals surface area contributed by atoms with Crippen LogP contribution in [0.4, 0.5) is 0 Å². The van der Waals surface area contributed by atoms with Crippen molar-refractivity contribution in [3.05, 3.63) is 29.8 Å². The lowest BCUT2D eigenvalue weighted by Crippen LogP contribution is -2.21. The van der Waals surface area contributed by atoms with E-state index in [2.05, 4.69) is 11.0 Å². The number of hydrogen-bond acceptors (Lipinski definition) is 4. The first kappa shape index (κ1) is 14.4. The molecular weight excluding hydrogens is 266 g/mol. The number of nitrogens with zero attached hydrogens (tertiary/aromatic N) is 1. The Morgan fingerprint density at radius 2 is 2.00 bits per heavy atom. The first-order valence-electron chi connectivity index (χ1n) is 7.78. The first-order chi connectivity index (χ1) is 10.4. The molecule has 4 nitrogen and oxygen atoms in total. The van der Waals surface area contributed by atoms with E-state index >= 15 is 0 Å². The molecule has 2 heterocycles. The highest BCUT2D eigenvalue weighted by molar-refractivity contribution is 5.56. The summed E-state index contributed by atoms with van der Waals surface area (Å²) in [4.78, 5) is 2.52. The van der Waals surface area contributed by atoms with Crippen molar-refractivity contribution in [2.75, 3.05) is 39.6 Å². The molecule has 0 aromatic heterocycles. The maximum atomic E-state index is 5.64. The van der Waals surface area contributed by atoms with Crippen LogP contribution in [-0.2, 0) is 4.74 Å². The van der Waals surface area contributed by atoms with Gasteiger partial charge in [-0.1, -0.05) is 18.2 Å². The maximum Gasteiger partial charge on any atom is 0.231 e. The van der Waals surface area contributed by atoms with Crippen molar-refractivity contribution in [1.29, 1.82) is 0 Å². The predicted molar refractivity (Wildman–Crippen MR) is 82.7 cm³/mol. The number of benzene rings is 1. The molecule has 2 aliphatic heterocycles. The summed E-state index contributed by atoms with van der Waals surface area (Å²) in [5.74, 6) is 1.65. The molecule has 1 aromatic carbocycles.